The average Bonchev–Trinajstić information content (AvgIpc) is 2.99. The van der Waals surface area contributed by atoms with Crippen LogP contribution in [0.2, 0.25) is 0 Å². The molecular weight excluding hydrogens is 370 g/mol. The summed E-state index contributed by atoms with van der Waals surface area (Å²) >= 11 is 0. The lowest BCUT2D eigenvalue weighted by Gasteiger charge is -2.20. The maximum absolute atomic E-state index is 12.9. The van der Waals surface area contributed by atoms with Crippen molar-refractivity contribution >= 4 is 34.8 Å². The molecule has 1 fully saturated rings. The van der Waals surface area contributed by atoms with Crippen LogP contribution in [0, 0.1) is 0 Å². The summed E-state index contributed by atoms with van der Waals surface area (Å²) in [6, 6.07) is 12.1. The van der Waals surface area contributed by atoms with Gasteiger partial charge in [0.15, 0.2) is 6.61 Å². The minimum atomic E-state index is -0.652. The van der Waals surface area contributed by atoms with Gasteiger partial charge in [0, 0.05) is 5.69 Å². The SMILES string of the molecule is CCCCc1ccc(N2C(=O)C[C@@H](Nc3ccc4c(c3)NC(=O)CO4)C2=O)cc1. The van der Waals surface area contributed by atoms with Crippen LogP contribution in [0.25, 0.3) is 0 Å². The number of aryl methyl sites for hydroxylation is 1. The number of nitrogens with zero attached hydrogens (tertiary/aromatic N) is 1. The Bertz CT molecular complexity index is 955. The molecule has 4 rings (SSSR count). The highest BCUT2D eigenvalue weighted by Gasteiger charge is 2.39. The van der Waals surface area contributed by atoms with Gasteiger partial charge in [-0.3, -0.25) is 14.4 Å². The number of hydrogen-bond acceptors (Lipinski definition) is 5. The number of imide groups is 1. The molecule has 0 radical (unpaired) electrons. The number of carbonyl (C=O) groups is 3. The summed E-state index contributed by atoms with van der Waals surface area (Å²) in [5, 5.41) is 5.84. The highest BCUT2D eigenvalue weighted by atomic mass is 16.5. The zero-order valence-electron chi connectivity index (χ0n) is 16.2. The summed E-state index contributed by atoms with van der Waals surface area (Å²) in [7, 11) is 0. The van der Waals surface area contributed by atoms with Gasteiger partial charge in [0.1, 0.15) is 11.8 Å². The molecule has 7 nitrogen and oxygen atoms in total. The van der Waals surface area contributed by atoms with Crippen LogP contribution >= 0.6 is 0 Å². The molecule has 0 saturated carbocycles. The number of nitrogens with one attached hydrogen (secondary N) is 2. The number of anilines is 3. The van der Waals surface area contributed by atoms with Crippen molar-refractivity contribution in [2.45, 2.75) is 38.6 Å². The normalized spacial score (nSPS) is 18.3. The monoisotopic (exact) mass is 393 g/mol. The van der Waals surface area contributed by atoms with E-state index in [1.807, 2.05) is 24.3 Å². The largest absolute Gasteiger partial charge is 0.482 e. The third-order valence-electron chi connectivity index (χ3n) is 5.11. The van der Waals surface area contributed by atoms with Gasteiger partial charge in [-0.2, -0.15) is 0 Å². The Labute approximate surface area is 169 Å². The van der Waals surface area contributed by atoms with Gasteiger partial charge in [0.25, 0.3) is 11.8 Å². The van der Waals surface area contributed by atoms with Crippen molar-refractivity contribution in [2.75, 3.05) is 22.1 Å². The lowest BCUT2D eigenvalue weighted by molar-refractivity contribution is -0.121. The second-order valence-corrected chi connectivity index (χ2v) is 7.29. The van der Waals surface area contributed by atoms with E-state index in [4.69, 9.17) is 4.74 Å². The topological polar surface area (TPSA) is 87.7 Å². The first-order valence-corrected chi connectivity index (χ1v) is 9.84. The second kappa shape index (κ2) is 7.95. The van der Waals surface area contributed by atoms with E-state index in [1.54, 1.807) is 18.2 Å². The molecule has 0 aromatic heterocycles. The molecule has 2 aliphatic rings. The summed E-state index contributed by atoms with van der Waals surface area (Å²) in [5.74, 6) is -0.165. The number of ether oxygens (including phenoxy) is 1. The summed E-state index contributed by atoms with van der Waals surface area (Å²) in [6.45, 7) is 2.13. The standard InChI is InChI=1S/C22H23N3O4/c1-2-3-4-14-5-8-16(9-6-14)25-21(27)12-18(22(25)28)23-15-7-10-19-17(11-15)24-20(26)13-29-19/h5-11,18,23H,2-4,12-13H2,1H3,(H,24,26)/t18-/m1/s1. The Balaban J connectivity index is 1.47. The number of unbranched alkanes of at least 4 members (excludes halogenated alkanes) is 1. The summed E-state index contributed by atoms with van der Waals surface area (Å²) in [5.41, 5.74) is 2.97. The fraction of sp³-hybridized carbons (Fsp3) is 0.318. The number of hydrogen-bond donors (Lipinski definition) is 2. The van der Waals surface area contributed by atoms with Crippen molar-refractivity contribution in [1.29, 1.82) is 0 Å². The van der Waals surface area contributed by atoms with E-state index in [0.29, 0.717) is 22.8 Å². The highest BCUT2D eigenvalue weighted by molar-refractivity contribution is 6.23. The average molecular weight is 393 g/mol. The fourth-order valence-corrected chi connectivity index (χ4v) is 3.58. The minimum Gasteiger partial charge on any atom is -0.482 e. The van der Waals surface area contributed by atoms with Crippen molar-refractivity contribution in [2.24, 2.45) is 0 Å². The maximum atomic E-state index is 12.9. The summed E-state index contributed by atoms with van der Waals surface area (Å²) in [4.78, 5) is 38.1. The molecule has 150 valence electrons. The van der Waals surface area contributed by atoms with E-state index in [1.165, 1.54) is 10.5 Å². The molecule has 2 heterocycles. The molecule has 0 aliphatic carbocycles. The molecule has 2 aromatic carbocycles. The third-order valence-corrected chi connectivity index (χ3v) is 5.11. The van der Waals surface area contributed by atoms with Gasteiger partial charge in [-0.05, 0) is 48.7 Å². The number of amides is 3. The van der Waals surface area contributed by atoms with Gasteiger partial charge in [-0.15, -0.1) is 0 Å². The second-order valence-electron chi connectivity index (χ2n) is 7.29. The predicted octanol–water partition coefficient (Wildman–Crippen LogP) is 3.10. The molecule has 29 heavy (non-hydrogen) atoms. The maximum Gasteiger partial charge on any atom is 0.262 e. The van der Waals surface area contributed by atoms with Crippen molar-refractivity contribution in [3.8, 4) is 5.75 Å². The van der Waals surface area contributed by atoms with E-state index in [0.717, 1.165) is 19.3 Å². The molecule has 2 aliphatic heterocycles. The predicted molar refractivity (Wildman–Crippen MR) is 110 cm³/mol. The van der Waals surface area contributed by atoms with Crippen LogP contribution in [0.15, 0.2) is 42.5 Å². The van der Waals surface area contributed by atoms with E-state index < -0.39 is 6.04 Å². The summed E-state index contributed by atoms with van der Waals surface area (Å²) in [6.07, 6.45) is 3.30. The van der Waals surface area contributed by atoms with Crippen LogP contribution in [0.3, 0.4) is 0 Å². The van der Waals surface area contributed by atoms with Crippen LogP contribution in [0.5, 0.6) is 5.75 Å². The first-order chi connectivity index (χ1) is 14.0. The first kappa shape index (κ1) is 19.0. The van der Waals surface area contributed by atoms with Crippen LogP contribution in [-0.4, -0.2) is 30.4 Å². The molecule has 7 heteroatoms. The van der Waals surface area contributed by atoms with Gasteiger partial charge in [0.2, 0.25) is 5.91 Å². The smallest absolute Gasteiger partial charge is 0.262 e. The van der Waals surface area contributed by atoms with Crippen molar-refractivity contribution in [3.63, 3.8) is 0 Å². The zero-order chi connectivity index (χ0) is 20.4. The van der Waals surface area contributed by atoms with Gasteiger partial charge < -0.3 is 15.4 Å². The molecule has 2 N–H and O–H groups in total. The third kappa shape index (κ3) is 3.94. The molecule has 0 spiro atoms. The fourth-order valence-electron chi connectivity index (χ4n) is 3.58. The Morgan fingerprint density at radius 3 is 2.69 bits per heavy atom. The number of carbonyl (C=O) groups excluding carboxylic acids is 3. The van der Waals surface area contributed by atoms with Crippen LogP contribution in [-0.2, 0) is 20.8 Å². The number of fused-ring (bicyclic) bond motifs is 1. The van der Waals surface area contributed by atoms with Crippen molar-refractivity contribution in [3.05, 3.63) is 48.0 Å². The quantitative estimate of drug-likeness (QED) is 0.737. The van der Waals surface area contributed by atoms with Crippen LogP contribution < -0.4 is 20.3 Å². The lowest BCUT2D eigenvalue weighted by atomic mass is 10.1. The summed E-state index contributed by atoms with van der Waals surface area (Å²) < 4.78 is 5.34. The van der Waals surface area contributed by atoms with E-state index in [-0.39, 0.29) is 30.7 Å². The van der Waals surface area contributed by atoms with Crippen molar-refractivity contribution in [1.82, 2.24) is 0 Å². The molecular formula is C22H23N3O4. The minimum absolute atomic E-state index is 0.0123. The molecule has 1 atom stereocenters. The Kier molecular flexibility index (Phi) is 5.20. The zero-order valence-corrected chi connectivity index (χ0v) is 16.2. The van der Waals surface area contributed by atoms with Gasteiger partial charge >= 0.3 is 0 Å². The Morgan fingerprint density at radius 1 is 1.14 bits per heavy atom. The lowest BCUT2D eigenvalue weighted by Crippen LogP contribution is -2.34. The first-order valence-electron chi connectivity index (χ1n) is 9.84. The van der Waals surface area contributed by atoms with E-state index in [9.17, 15) is 14.4 Å². The van der Waals surface area contributed by atoms with Crippen LogP contribution in [0.4, 0.5) is 17.1 Å². The van der Waals surface area contributed by atoms with Crippen LogP contribution in [0.1, 0.15) is 31.7 Å². The number of rotatable bonds is 6. The molecule has 1 saturated heterocycles. The molecule has 2 aromatic rings. The van der Waals surface area contributed by atoms with Gasteiger partial charge in [0.05, 0.1) is 17.8 Å². The van der Waals surface area contributed by atoms with E-state index >= 15 is 0 Å². The number of benzene rings is 2. The Morgan fingerprint density at radius 2 is 1.93 bits per heavy atom. The molecule has 0 unspecified atom stereocenters. The van der Waals surface area contributed by atoms with Gasteiger partial charge in [-0.1, -0.05) is 25.5 Å². The molecule has 0 bridgehead atoms. The van der Waals surface area contributed by atoms with E-state index in [2.05, 4.69) is 17.6 Å². The highest BCUT2D eigenvalue weighted by Crippen LogP contribution is 2.32. The Hall–Kier alpha value is -3.35. The van der Waals surface area contributed by atoms with Crippen molar-refractivity contribution < 1.29 is 19.1 Å². The molecule has 3 amide bonds. The van der Waals surface area contributed by atoms with Gasteiger partial charge in [-0.25, -0.2) is 4.90 Å².